The normalized spacial score (nSPS) is 31.6. The van der Waals surface area contributed by atoms with Gasteiger partial charge in [0, 0.05) is 5.92 Å². The molecule has 2 amide bonds. The molecule has 2 aliphatic carbocycles. The van der Waals surface area contributed by atoms with Gasteiger partial charge in [-0.2, -0.15) is 0 Å². The van der Waals surface area contributed by atoms with Crippen LogP contribution in [0.5, 0.6) is 0 Å². The summed E-state index contributed by atoms with van der Waals surface area (Å²) in [5.41, 5.74) is 3.75. The number of rotatable bonds is 5. The lowest BCUT2D eigenvalue weighted by Gasteiger charge is -2.12. The maximum absolute atomic E-state index is 11.8. The molecule has 2 saturated carbocycles. The number of allylic oxidation sites excluding steroid dienone is 1. The van der Waals surface area contributed by atoms with Gasteiger partial charge in [-0.15, -0.1) is 6.58 Å². The van der Waals surface area contributed by atoms with Crippen molar-refractivity contribution in [2.75, 3.05) is 0 Å². The molecular formula is C10H14N2O4S. The van der Waals surface area contributed by atoms with Crippen LogP contribution < -0.4 is 10.5 Å². The second-order valence-corrected chi connectivity index (χ2v) is 6.52. The summed E-state index contributed by atoms with van der Waals surface area (Å²) < 4.78 is 25.1. The fourth-order valence-electron chi connectivity index (χ4n) is 1.91. The smallest absolute Gasteiger partial charge is 0.249 e. The molecule has 0 radical (unpaired) electrons. The zero-order valence-electron chi connectivity index (χ0n) is 9.18. The van der Waals surface area contributed by atoms with Crippen LogP contribution in [0.3, 0.4) is 0 Å². The quantitative estimate of drug-likeness (QED) is 0.501. The Kier molecular flexibility index (Phi) is 2.53. The van der Waals surface area contributed by atoms with Gasteiger partial charge in [0.05, 0.1) is 5.25 Å². The number of sulfonamides is 1. The molecule has 2 unspecified atom stereocenters. The van der Waals surface area contributed by atoms with Gasteiger partial charge < -0.3 is 5.73 Å². The predicted octanol–water partition coefficient (Wildman–Crippen LogP) is -0.728. The summed E-state index contributed by atoms with van der Waals surface area (Å²) in [4.78, 5) is 23.1. The van der Waals surface area contributed by atoms with E-state index in [0.717, 1.165) is 0 Å². The molecule has 7 heteroatoms. The van der Waals surface area contributed by atoms with Crippen LogP contribution in [0.1, 0.15) is 19.3 Å². The van der Waals surface area contributed by atoms with E-state index >= 15 is 0 Å². The summed E-state index contributed by atoms with van der Waals surface area (Å²) in [6.07, 6.45) is 2.79. The summed E-state index contributed by atoms with van der Waals surface area (Å²) in [5.74, 6) is -1.98. The second kappa shape index (κ2) is 3.56. The Labute approximate surface area is 99.3 Å². The number of nitrogens with one attached hydrogen (secondary N) is 1. The molecular weight excluding hydrogens is 244 g/mol. The van der Waals surface area contributed by atoms with Gasteiger partial charge in [-0.3, -0.25) is 14.3 Å². The van der Waals surface area contributed by atoms with E-state index in [4.69, 9.17) is 5.73 Å². The van der Waals surface area contributed by atoms with Crippen molar-refractivity contribution in [2.45, 2.75) is 24.5 Å². The van der Waals surface area contributed by atoms with Gasteiger partial charge >= 0.3 is 0 Å². The Morgan fingerprint density at radius 1 is 1.41 bits per heavy atom. The topological polar surface area (TPSA) is 106 Å². The first-order chi connectivity index (χ1) is 7.84. The van der Waals surface area contributed by atoms with E-state index in [1.54, 1.807) is 0 Å². The zero-order valence-corrected chi connectivity index (χ0v) is 10.00. The molecule has 94 valence electrons. The number of primary amides is 1. The molecule has 0 aromatic carbocycles. The summed E-state index contributed by atoms with van der Waals surface area (Å²) in [6, 6.07) is 0. The minimum atomic E-state index is -3.64. The standard InChI is InChI=1S/C10H14N2O4S/c1-2-6-5-10(6,8(11)13)9(14)12-17(15,16)7-3-4-7/h2,6-7H,1,3-5H2,(H2,11,13)(H,12,14). The maximum atomic E-state index is 11.8. The first-order valence-electron chi connectivity index (χ1n) is 5.33. The van der Waals surface area contributed by atoms with Crippen LogP contribution >= 0.6 is 0 Å². The highest BCUT2D eigenvalue weighted by atomic mass is 32.2. The van der Waals surface area contributed by atoms with E-state index in [9.17, 15) is 18.0 Å². The van der Waals surface area contributed by atoms with Crippen LogP contribution in [0, 0.1) is 11.3 Å². The van der Waals surface area contributed by atoms with Crippen molar-refractivity contribution in [2.24, 2.45) is 17.1 Å². The largest absolute Gasteiger partial charge is 0.369 e. The van der Waals surface area contributed by atoms with Crippen LogP contribution in [0.25, 0.3) is 0 Å². The molecule has 0 saturated heterocycles. The summed E-state index contributed by atoms with van der Waals surface area (Å²) >= 11 is 0. The van der Waals surface area contributed by atoms with Crippen molar-refractivity contribution in [3.8, 4) is 0 Å². The Bertz CT molecular complexity index is 494. The Hall–Kier alpha value is -1.37. The third kappa shape index (κ3) is 1.84. The van der Waals surface area contributed by atoms with E-state index in [1.807, 2.05) is 4.72 Å². The highest BCUT2D eigenvalue weighted by molar-refractivity contribution is 7.90. The van der Waals surface area contributed by atoms with Gasteiger partial charge in [-0.25, -0.2) is 8.42 Å². The fraction of sp³-hybridized carbons (Fsp3) is 0.600. The van der Waals surface area contributed by atoms with E-state index in [0.29, 0.717) is 12.8 Å². The van der Waals surface area contributed by atoms with E-state index in [-0.39, 0.29) is 12.3 Å². The number of carbonyl (C=O) groups excluding carboxylic acids is 2. The third-order valence-electron chi connectivity index (χ3n) is 3.34. The Morgan fingerprint density at radius 2 is 2.00 bits per heavy atom. The van der Waals surface area contributed by atoms with Crippen LogP contribution in [0.15, 0.2) is 12.7 Å². The SMILES string of the molecule is C=CC1CC1(C(N)=O)C(=O)NS(=O)(=O)C1CC1. The molecule has 0 spiro atoms. The van der Waals surface area contributed by atoms with Crippen LogP contribution in [0.4, 0.5) is 0 Å². The van der Waals surface area contributed by atoms with E-state index < -0.39 is 32.5 Å². The van der Waals surface area contributed by atoms with Gasteiger partial charge in [0.25, 0.3) is 0 Å². The van der Waals surface area contributed by atoms with Gasteiger partial charge in [0.1, 0.15) is 5.41 Å². The number of carbonyl (C=O) groups is 2. The average Bonchev–Trinajstić information content (AvgIpc) is 3.10. The minimum absolute atomic E-state index is 0.234. The highest BCUT2D eigenvalue weighted by Crippen LogP contribution is 2.53. The minimum Gasteiger partial charge on any atom is -0.369 e. The van der Waals surface area contributed by atoms with Crippen molar-refractivity contribution in [3.63, 3.8) is 0 Å². The first kappa shape index (κ1) is 12.1. The van der Waals surface area contributed by atoms with E-state index in [1.165, 1.54) is 6.08 Å². The van der Waals surface area contributed by atoms with Crippen LogP contribution in [0.2, 0.25) is 0 Å². The highest BCUT2D eigenvalue weighted by Gasteiger charge is 2.64. The maximum Gasteiger partial charge on any atom is 0.249 e. The van der Waals surface area contributed by atoms with Gasteiger partial charge in [-0.05, 0) is 19.3 Å². The number of amides is 2. The third-order valence-corrected chi connectivity index (χ3v) is 5.16. The monoisotopic (exact) mass is 258 g/mol. The molecule has 2 fully saturated rings. The molecule has 2 aliphatic rings. The fourth-order valence-corrected chi connectivity index (χ4v) is 3.27. The summed E-state index contributed by atoms with van der Waals surface area (Å²) in [7, 11) is -3.64. The molecule has 3 N–H and O–H groups in total. The molecule has 0 bridgehead atoms. The molecule has 0 aromatic heterocycles. The van der Waals surface area contributed by atoms with Gasteiger partial charge in [-0.1, -0.05) is 6.08 Å². The zero-order chi connectivity index (χ0) is 12.8. The van der Waals surface area contributed by atoms with Crippen molar-refractivity contribution in [1.29, 1.82) is 0 Å². The molecule has 6 nitrogen and oxygen atoms in total. The lowest BCUT2D eigenvalue weighted by molar-refractivity contribution is -0.134. The summed E-state index contributed by atoms with van der Waals surface area (Å²) in [5, 5.41) is -0.502. The van der Waals surface area contributed by atoms with Crippen molar-refractivity contribution in [3.05, 3.63) is 12.7 Å². The number of hydrogen-bond donors (Lipinski definition) is 2. The molecule has 2 atom stereocenters. The van der Waals surface area contributed by atoms with Crippen molar-refractivity contribution >= 4 is 21.8 Å². The summed E-state index contributed by atoms with van der Waals surface area (Å²) in [6.45, 7) is 3.49. The van der Waals surface area contributed by atoms with Crippen molar-refractivity contribution < 1.29 is 18.0 Å². The molecule has 0 heterocycles. The van der Waals surface area contributed by atoms with Gasteiger partial charge in [0.15, 0.2) is 0 Å². The Morgan fingerprint density at radius 3 is 2.35 bits per heavy atom. The Balaban J connectivity index is 2.15. The lowest BCUT2D eigenvalue weighted by Crippen LogP contribution is -2.45. The first-order valence-corrected chi connectivity index (χ1v) is 6.87. The average molecular weight is 258 g/mol. The van der Waals surface area contributed by atoms with Crippen LogP contribution in [-0.2, 0) is 19.6 Å². The van der Waals surface area contributed by atoms with Crippen molar-refractivity contribution in [1.82, 2.24) is 4.72 Å². The number of nitrogens with two attached hydrogens (primary N) is 1. The second-order valence-electron chi connectivity index (χ2n) is 4.56. The molecule has 0 aromatic rings. The van der Waals surface area contributed by atoms with E-state index in [2.05, 4.69) is 6.58 Å². The lowest BCUT2D eigenvalue weighted by atomic mass is 10.0. The predicted molar refractivity (Wildman–Crippen MR) is 60.0 cm³/mol. The molecule has 17 heavy (non-hydrogen) atoms. The van der Waals surface area contributed by atoms with Gasteiger partial charge in [0.2, 0.25) is 21.8 Å². The number of hydrogen-bond acceptors (Lipinski definition) is 4. The van der Waals surface area contributed by atoms with Crippen LogP contribution in [-0.4, -0.2) is 25.5 Å². The molecule has 2 rings (SSSR count). The molecule has 0 aliphatic heterocycles.